The standard InChI is InChI=1S/C20H14F3NOS/c21-20(22,23)18-17(14-4-2-1-3-5-14)12-16(26-18)11-8-13-6-9-15(10-7-13)19(24)25/h1-12H,(H2,24,25)/b11-8+. The highest BCUT2D eigenvalue weighted by atomic mass is 32.1. The zero-order valence-electron chi connectivity index (χ0n) is 13.5. The summed E-state index contributed by atoms with van der Waals surface area (Å²) in [6, 6.07) is 16.6. The largest absolute Gasteiger partial charge is 0.426 e. The number of hydrogen-bond donors (Lipinski definition) is 1. The Morgan fingerprint density at radius 3 is 2.19 bits per heavy atom. The van der Waals surface area contributed by atoms with Gasteiger partial charge in [0.05, 0.1) is 0 Å². The molecule has 0 aliphatic heterocycles. The van der Waals surface area contributed by atoms with Gasteiger partial charge in [-0.1, -0.05) is 48.5 Å². The molecule has 1 aromatic heterocycles. The van der Waals surface area contributed by atoms with E-state index in [4.69, 9.17) is 5.73 Å². The molecular weight excluding hydrogens is 359 g/mol. The summed E-state index contributed by atoms with van der Waals surface area (Å²) in [4.78, 5) is 10.9. The van der Waals surface area contributed by atoms with Crippen molar-refractivity contribution >= 4 is 29.4 Å². The molecule has 1 amide bonds. The molecule has 0 aliphatic carbocycles. The zero-order valence-corrected chi connectivity index (χ0v) is 14.3. The minimum Gasteiger partial charge on any atom is -0.366 e. The van der Waals surface area contributed by atoms with Crippen LogP contribution in [0.25, 0.3) is 23.3 Å². The lowest BCUT2D eigenvalue weighted by atomic mass is 10.1. The molecule has 2 aromatic carbocycles. The van der Waals surface area contributed by atoms with Crippen LogP contribution < -0.4 is 5.73 Å². The van der Waals surface area contributed by atoms with Gasteiger partial charge >= 0.3 is 6.18 Å². The second-order valence-electron chi connectivity index (χ2n) is 5.57. The first-order valence-electron chi connectivity index (χ1n) is 7.69. The molecule has 6 heteroatoms. The van der Waals surface area contributed by atoms with Crippen LogP contribution in [0.2, 0.25) is 0 Å². The first-order valence-corrected chi connectivity index (χ1v) is 8.50. The molecule has 0 aliphatic rings. The Morgan fingerprint density at radius 2 is 1.62 bits per heavy atom. The van der Waals surface area contributed by atoms with Crippen LogP contribution in [0.4, 0.5) is 13.2 Å². The van der Waals surface area contributed by atoms with Crippen LogP contribution in [0.1, 0.15) is 25.7 Å². The van der Waals surface area contributed by atoms with Crippen LogP contribution in [-0.2, 0) is 6.18 Å². The van der Waals surface area contributed by atoms with Crippen molar-refractivity contribution in [3.8, 4) is 11.1 Å². The number of carbonyl (C=O) groups excluding carboxylic acids is 1. The normalized spacial score (nSPS) is 11.8. The van der Waals surface area contributed by atoms with Crippen LogP contribution in [0.15, 0.2) is 60.7 Å². The molecular formula is C20H14F3NOS. The SMILES string of the molecule is NC(=O)c1ccc(/C=C/c2cc(-c3ccccc3)c(C(F)(F)F)s2)cc1. The van der Waals surface area contributed by atoms with Crippen molar-refractivity contribution in [2.24, 2.45) is 5.73 Å². The molecule has 0 atom stereocenters. The third-order valence-electron chi connectivity index (χ3n) is 3.73. The quantitative estimate of drug-likeness (QED) is 0.626. The van der Waals surface area contributed by atoms with E-state index in [2.05, 4.69) is 0 Å². The zero-order chi connectivity index (χ0) is 18.7. The third-order valence-corrected chi connectivity index (χ3v) is 4.87. The number of alkyl halides is 3. The summed E-state index contributed by atoms with van der Waals surface area (Å²) in [5.41, 5.74) is 7.03. The Bertz CT molecular complexity index is 941. The summed E-state index contributed by atoms with van der Waals surface area (Å²) in [6.07, 6.45) is -1.08. The van der Waals surface area contributed by atoms with E-state index in [1.807, 2.05) is 0 Å². The first kappa shape index (κ1) is 17.9. The maximum absolute atomic E-state index is 13.4. The Morgan fingerprint density at radius 1 is 0.962 bits per heavy atom. The highest BCUT2D eigenvalue weighted by Gasteiger charge is 2.36. The van der Waals surface area contributed by atoms with Crippen molar-refractivity contribution in [1.29, 1.82) is 0 Å². The molecule has 0 radical (unpaired) electrons. The predicted molar refractivity (Wildman–Crippen MR) is 98.6 cm³/mol. The molecule has 0 bridgehead atoms. The summed E-state index contributed by atoms with van der Waals surface area (Å²) < 4.78 is 40.1. The second kappa shape index (κ2) is 7.17. The number of nitrogens with two attached hydrogens (primary N) is 1. The summed E-state index contributed by atoms with van der Waals surface area (Å²) >= 11 is 0.703. The van der Waals surface area contributed by atoms with E-state index in [9.17, 15) is 18.0 Å². The van der Waals surface area contributed by atoms with E-state index in [1.54, 1.807) is 66.7 Å². The smallest absolute Gasteiger partial charge is 0.366 e. The summed E-state index contributed by atoms with van der Waals surface area (Å²) in [6.45, 7) is 0. The van der Waals surface area contributed by atoms with Crippen LogP contribution in [0.3, 0.4) is 0 Å². The fourth-order valence-electron chi connectivity index (χ4n) is 2.47. The first-order chi connectivity index (χ1) is 12.3. The Labute approximate surface area is 152 Å². The van der Waals surface area contributed by atoms with Gasteiger partial charge in [0.15, 0.2) is 0 Å². The number of carbonyl (C=O) groups is 1. The van der Waals surface area contributed by atoms with Crippen molar-refractivity contribution in [2.45, 2.75) is 6.18 Å². The van der Waals surface area contributed by atoms with Gasteiger partial charge in [0, 0.05) is 16.0 Å². The van der Waals surface area contributed by atoms with E-state index in [0.29, 0.717) is 27.3 Å². The van der Waals surface area contributed by atoms with Crippen molar-refractivity contribution in [1.82, 2.24) is 0 Å². The number of benzene rings is 2. The Hall–Kier alpha value is -2.86. The number of thiophene rings is 1. The van der Waals surface area contributed by atoms with Crippen LogP contribution in [0.5, 0.6) is 0 Å². The minimum atomic E-state index is -4.41. The molecule has 0 spiro atoms. The highest BCUT2D eigenvalue weighted by Crippen LogP contribution is 2.43. The van der Waals surface area contributed by atoms with Gasteiger partial charge in [-0.3, -0.25) is 4.79 Å². The van der Waals surface area contributed by atoms with Gasteiger partial charge in [-0.15, -0.1) is 11.3 Å². The van der Waals surface area contributed by atoms with E-state index in [1.165, 1.54) is 6.07 Å². The average Bonchev–Trinajstić information content (AvgIpc) is 3.06. The summed E-state index contributed by atoms with van der Waals surface area (Å²) in [7, 11) is 0. The third kappa shape index (κ3) is 4.03. The number of amides is 1. The van der Waals surface area contributed by atoms with Gasteiger partial charge in [0.25, 0.3) is 0 Å². The second-order valence-corrected chi connectivity index (χ2v) is 6.66. The van der Waals surface area contributed by atoms with Crippen molar-refractivity contribution in [2.75, 3.05) is 0 Å². The lowest BCUT2D eigenvalue weighted by molar-refractivity contribution is -0.133. The number of halogens is 3. The van der Waals surface area contributed by atoms with Gasteiger partial charge in [0.1, 0.15) is 4.88 Å². The van der Waals surface area contributed by atoms with Gasteiger partial charge in [-0.25, -0.2) is 0 Å². The highest BCUT2D eigenvalue weighted by molar-refractivity contribution is 7.13. The van der Waals surface area contributed by atoms with Gasteiger partial charge in [-0.2, -0.15) is 13.2 Å². The monoisotopic (exact) mass is 373 g/mol. The molecule has 3 aromatic rings. The lowest BCUT2D eigenvalue weighted by Crippen LogP contribution is -2.10. The molecule has 1 heterocycles. The Kier molecular flexibility index (Phi) is 4.95. The minimum absolute atomic E-state index is 0.173. The van der Waals surface area contributed by atoms with Crippen LogP contribution in [0, 0.1) is 0 Å². The maximum atomic E-state index is 13.4. The molecule has 132 valence electrons. The maximum Gasteiger partial charge on any atom is 0.426 e. The molecule has 26 heavy (non-hydrogen) atoms. The number of hydrogen-bond acceptors (Lipinski definition) is 2. The van der Waals surface area contributed by atoms with Crippen LogP contribution in [-0.4, -0.2) is 5.91 Å². The fraction of sp³-hybridized carbons (Fsp3) is 0.0500. The van der Waals surface area contributed by atoms with Crippen molar-refractivity contribution < 1.29 is 18.0 Å². The average molecular weight is 373 g/mol. The van der Waals surface area contributed by atoms with Gasteiger partial charge in [0.2, 0.25) is 5.91 Å². The van der Waals surface area contributed by atoms with Crippen molar-refractivity contribution in [3.63, 3.8) is 0 Å². The summed E-state index contributed by atoms with van der Waals surface area (Å²) in [5.74, 6) is -0.527. The molecule has 3 rings (SSSR count). The molecule has 2 N–H and O–H groups in total. The molecule has 2 nitrogen and oxygen atoms in total. The predicted octanol–water partition coefficient (Wildman–Crippen LogP) is 5.70. The number of rotatable bonds is 4. The van der Waals surface area contributed by atoms with E-state index < -0.39 is 17.0 Å². The molecule has 0 fully saturated rings. The Balaban J connectivity index is 1.93. The van der Waals surface area contributed by atoms with Crippen LogP contribution >= 0.6 is 11.3 Å². The van der Waals surface area contributed by atoms with Gasteiger partial charge in [-0.05, 0) is 35.4 Å². The fourth-order valence-corrected chi connectivity index (χ4v) is 3.42. The van der Waals surface area contributed by atoms with E-state index in [0.717, 1.165) is 5.56 Å². The van der Waals surface area contributed by atoms with E-state index >= 15 is 0 Å². The lowest BCUT2D eigenvalue weighted by Gasteiger charge is -2.07. The summed E-state index contributed by atoms with van der Waals surface area (Å²) in [5, 5.41) is 0. The topological polar surface area (TPSA) is 43.1 Å². The van der Waals surface area contributed by atoms with Crippen molar-refractivity contribution in [3.05, 3.63) is 81.5 Å². The molecule has 0 saturated carbocycles. The van der Waals surface area contributed by atoms with Gasteiger partial charge < -0.3 is 5.73 Å². The molecule has 0 saturated heterocycles. The number of primary amides is 1. The molecule has 0 unspecified atom stereocenters. The van der Waals surface area contributed by atoms with E-state index in [-0.39, 0.29) is 5.56 Å².